The molecule has 0 N–H and O–H groups in total. The number of ether oxygens (including phenoxy) is 1. The maximum absolute atomic E-state index is 13.2. The summed E-state index contributed by atoms with van der Waals surface area (Å²) in [5.41, 5.74) is 2.55. The summed E-state index contributed by atoms with van der Waals surface area (Å²) >= 11 is 6.15. The van der Waals surface area contributed by atoms with Crippen molar-refractivity contribution in [1.29, 1.82) is 0 Å². The lowest BCUT2D eigenvalue weighted by atomic mass is 10.0. The Morgan fingerprint density at radius 2 is 1.96 bits per heavy atom. The molecule has 2 aromatic carbocycles. The van der Waals surface area contributed by atoms with E-state index in [9.17, 15) is 8.42 Å². The number of para-hydroxylation sites is 1. The number of benzene rings is 2. The summed E-state index contributed by atoms with van der Waals surface area (Å²) in [5, 5.41) is 0.412. The van der Waals surface area contributed by atoms with Gasteiger partial charge < -0.3 is 4.74 Å². The SMILES string of the molecule is COc1cc(C)c(Cl)cc1S(=O)(=O)N1CCCc2ccccc21. The summed E-state index contributed by atoms with van der Waals surface area (Å²) in [6, 6.07) is 10.7. The molecule has 6 heteroatoms. The Labute approximate surface area is 141 Å². The van der Waals surface area contributed by atoms with Crippen LogP contribution in [0.1, 0.15) is 17.5 Å². The molecule has 1 heterocycles. The summed E-state index contributed by atoms with van der Waals surface area (Å²) in [6.07, 6.45) is 1.67. The van der Waals surface area contributed by atoms with Crippen LogP contribution in [0.5, 0.6) is 5.75 Å². The number of sulfonamides is 1. The second-order valence-corrected chi connectivity index (χ2v) is 7.80. The zero-order chi connectivity index (χ0) is 16.6. The number of hydrogen-bond donors (Lipinski definition) is 0. The molecule has 0 saturated carbocycles. The van der Waals surface area contributed by atoms with Crippen LogP contribution in [0.15, 0.2) is 41.3 Å². The van der Waals surface area contributed by atoms with E-state index in [4.69, 9.17) is 16.3 Å². The topological polar surface area (TPSA) is 46.6 Å². The molecule has 0 spiro atoms. The third-order valence-corrected chi connectivity index (χ3v) is 6.32. The molecule has 2 aromatic rings. The molecule has 0 aliphatic carbocycles. The van der Waals surface area contributed by atoms with Crippen molar-refractivity contribution in [3.63, 3.8) is 0 Å². The van der Waals surface area contributed by atoms with Crippen LogP contribution in [0.2, 0.25) is 5.02 Å². The Morgan fingerprint density at radius 3 is 2.70 bits per heavy atom. The first-order valence-corrected chi connectivity index (χ1v) is 9.21. The first kappa shape index (κ1) is 16.1. The first-order valence-electron chi connectivity index (χ1n) is 7.40. The Kier molecular flexibility index (Phi) is 4.25. The molecule has 3 rings (SSSR count). The van der Waals surface area contributed by atoms with E-state index in [-0.39, 0.29) is 4.90 Å². The Balaban J connectivity index is 2.16. The number of anilines is 1. The second-order valence-electron chi connectivity index (χ2n) is 5.56. The van der Waals surface area contributed by atoms with Crippen molar-refractivity contribution in [2.75, 3.05) is 18.0 Å². The van der Waals surface area contributed by atoms with Crippen molar-refractivity contribution in [3.05, 3.63) is 52.5 Å². The lowest BCUT2D eigenvalue weighted by Crippen LogP contribution is -2.35. The van der Waals surface area contributed by atoms with Crippen molar-refractivity contribution >= 4 is 27.3 Å². The van der Waals surface area contributed by atoms with E-state index in [0.29, 0.717) is 17.3 Å². The minimum atomic E-state index is -3.73. The first-order chi connectivity index (χ1) is 10.9. The fraction of sp³-hybridized carbons (Fsp3) is 0.294. The minimum absolute atomic E-state index is 0.104. The van der Waals surface area contributed by atoms with E-state index in [0.717, 1.165) is 29.7 Å². The molecule has 0 unspecified atom stereocenters. The number of rotatable bonds is 3. The molecule has 23 heavy (non-hydrogen) atoms. The lowest BCUT2D eigenvalue weighted by molar-refractivity contribution is 0.402. The monoisotopic (exact) mass is 351 g/mol. The number of halogens is 1. The van der Waals surface area contributed by atoms with E-state index >= 15 is 0 Å². The van der Waals surface area contributed by atoms with Gasteiger partial charge in [0.15, 0.2) is 0 Å². The van der Waals surface area contributed by atoms with Crippen molar-refractivity contribution in [2.24, 2.45) is 0 Å². The van der Waals surface area contributed by atoms with Crippen molar-refractivity contribution in [2.45, 2.75) is 24.7 Å². The number of aryl methyl sites for hydroxylation is 2. The van der Waals surface area contributed by atoms with Gasteiger partial charge in [0, 0.05) is 11.6 Å². The molecule has 0 aromatic heterocycles. The van der Waals surface area contributed by atoms with E-state index in [1.165, 1.54) is 17.5 Å². The predicted molar refractivity (Wildman–Crippen MR) is 92.0 cm³/mol. The highest BCUT2D eigenvalue weighted by atomic mass is 35.5. The zero-order valence-corrected chi connectivity index (χ0v) is 14.6. The van der Waals surface area contributed by atoms with Gasteiger partial charge in [-0.1, -0.05) is 29.8 Å². The Hall–Kier alpha value is -1.72. The van der Waals surface area contributed by atoms with Crippen molar-refractivity contribution in [1.82, 2.24) is 0 Å². The average molecular weight is 352 g/mol. The van der Waals surface area contributed by atoms with Crippen LogP contribution >= 0.6 is 11.6 Å². The number of hydrogen-bond acceptors (Lipinski definition) is 3. The molecular formula is C17H18ClNO3S. The molecule has 0 atom stereocenters. The highest BCUT2D eigenvalue weighted by molar-refractivity contribution is 7.93. The third kappa shape index (κ3) is 2.79. The van der Waals surface area contributed by atoms with Gasteiger partial charge in [-0.15, -0.1) is 0 Å². The second kappa shape index (κ2) is 6.06. The number of nitrogens with zero attached hydrogens (tertiary/aromatic N) is 1. The maximum atomic E-state index is 13.2. The quantitative estimate of drug-likeness (QED) is 0.845. The summed E-state index contributed by atoms with van der Waals surface area (Å²) in [5.74, 6) is 0.315. The maximum Gasteiger partial charge on any atom is 0.268 e. The smallest absolute Gasteiger partial charge is 0.268 e. The summed E-state index contributed by atoms with van der Waals surface area (Å²) in [6.45, 7) is 2.27. The molecule has 4 nitrogen and oxygen atoms in total. The Morgan fingerprint density at radius 1 is 1.22 bits per heavy atom. The van der Waals surface area contributed by atoms with Crippen LogP contribution in [0, 0.1) is 6.92 Å². The largest absolute Gasteiger partial charge is 0.495 e. The van der Waals surface area contributed by atoms with E-state index in [2.05, 4.69) is 0 Å². The fourth-order valence-corrected chi connectivity index (χ4v) is 4.80. The molecule has 0 bridgehead atoms. The molecule has 0 amide bonds. The van der Waals surface area contributed by atoms with Gasteiger partial charge in [-0.3, -0.25) is 4.31 Å². The van der Waals surface area contributed by atoms with Crippen LogP contribution in [0.25, 0.3) is 0 Å². The zero-order valence-electron chi connectivity index (χ0n) is 13.0. The summed E-state index contributed by atoms with van der Waals surface area (Å²) < 4.78 is 33.1. The molecule has 0 radical (unpaired) electrons. The summed E-state index contributed by atoms with van der Waals surface area (Å²) in [4.78, 5) is 0.104. The van der Waals surface area contributed by atoms with Crippen molar-refractivity contribution < 1.29 is 13.2 Å². The molecule has 0 saturated heterocycles. The van der Waals surface area contributed by atoms with Crippen LogP contribution in [0.4, 0.5) is 5.69 Å². The molecule has 1 aliphatic heterocycles. The lowest BCUT2D eigenvalue weighted by Gasteiger charge is -2.31. The third-order valence-electron chi connectivity index (χ3n) is 4.08. The highest BCUT2D eigenvalue weighted by Crippen LogP contribution is 2.36. The molecular weight excluding hydrogens is 334 g/mol. The van der Waals surface area contributed by atoms with Crippen LogP contribution in [0.3, 0.4) is 0 Å². The van der Waals surface area contributed by atoms with Crippen LogP contribution in [-0.2, 0) is 16.4 Å². The van der Waals surface area contributed by atoms with Gasteiger partial charge in [-0.25, -0.2) is 8.42 Å². The van der Waals surface area contributed by atoms with Crippen LogP contribution < -0.4 is 9.04 Å². The standard InChI is InChI=1S/C17H18ClNO3S/c1-12-10-16(22-2)17(11-14(12)18)23(20,21)19-9-5-7-13-6-3-4-8-15(13)19/h3-4,6,8,10-11H,5,7,9H2,1-2H3. The van der Waals surface area contributed by atoms with Gasteiger partial charge >= 0.3 is 0 Å². The number of methoxy groups -OCH3 is 1. The Bertz CT molecular complexity index is 849. The highest BCUT2D eigenvalue weighted by Gasteiger charge is 2.31. The van der Waals surface area contributed by atoms with Crippen molar-refractivity contribution in [3.8, 4) is 5.75 Å². The molecule has 122 valence electrons. The van der Waals surface area contributed by atoms with Gasteiger partial charge in [0.25, 0.3) is 10.0 Å². The minimum Gasteiger partial charge on any atom is -0.495 e. The number of fused-ring (bicyclic) bond motifs is 1. The van der Waals surface area contributed by atoms with Gasteiger partial charge in [0.2, 0.25) is 0 Å². The van der Waals surface area contributed by atoms with E-state index in [1.54, 1.807) is 6.07 Å². The van der Waals surface area contributed by atoms with Gasteiger partial charge in [-0.2, -0.15) is 0 Å². The summed E-state index contributed by atoms with van der Waals surface area (Å²) in [7, 11) is -2.27. The van der Waals surface area contributed by atoms with E-state index < -0.39 is 10.0 Å². The van der Waals surface area contributed by atoms with Crippen LogP contribution in [-0.4, -0.2) is 22.1 Å². The van der Waals surface area contributed by atoms with Gasteiger partial charge in [0.05, 0.1) is 12.8 Å². The van der Waals surface area contributed by atoms with Gasteiger partial charge in [-0.05, 0) is 49.1 Å². The fourth-order valence-electron chi connectivity index (χ4n) is 2.87. The molecule has 1 aliphatic rings. The van der Waals surface area contributed by atoms with Gasteiger partial charge in [0.1, 0.15) is 10.6 Å². The predicted octanol–water partition coefficient (Wildman–Crippen LogP) is 3.80. The molecule has 0 fully saturated rings. The average Bonchev–Trinajstić information content (AvgIpc) is 2.56. The normalized spacial score (nSPS) is 14.5. The van der Waals surface area contributed by atoms with E-state index in [1.807, 2.05) is 31.2 Å².